The molecule has 0 aliphatic carbocycles. The van der Waals surface area contributed by atoms with E-state index in [9.17, 15) is 19.2 Å². The summed E-state index contributed by atoms with van der Waals surface area (Å²) in [5, 5.41) is 16.9. The van der Waals surface area contributed by atoms with Crippen molar-refractivity contribution >= 4 is 35.4 Å². The number of methoxy groups -OCH3 is 1. The van der Waals surface area contributed by atoms with Crippen molar-refractivity contribution in [3.8, 4) is 0 Å². The Bertz CT molecular complexity index is 1150. The second kappa shape index (κ2) is 17.6. The number of alkyl carbamates (subject to hydrolysis) is 1. The predicted molar refractivity (Wildman–Crippen MR) is 154 cm³/mol. The molecule has 0 spiro atoms. The van der Waals surface area contributed by atoms with E-state index in [0.717, 1.165) is 0 Å². The van der Waals surface area contributed by atoms with Gasteiger partial charge in [0.2, 0.25) is 5.91 Å². The van der Waals surface area contributed by atoms with Gasteiger partial charge < -0.3 is 39.4 Å². The number of hydrogen-bond donors (Lipinski definition) is 4. The van der Waals surface area contributed by atoms with Gasteiger partial charge in [0, 0.05) is 24.9 Å². The van der Waals surface area contributed by atoms with E-state index in [-0.39, 0.29) is 25.2 Å². The Balaban J connectivity index is 1.91. The molecule has 2 aromatic carbocycles. The van der Waals surface area contributed by atoms with Crippen LogP contribution in [0.1, 0.15) is 36.7 Å². The van der Waals surface area contributed by atoms with Crippen LogP contribution < -0.4 is 16.0 Å². The zero-order valence-electron chi connectivity index (χ0n) is 24.3. The van der Waals surface area contributed by atoms with Crippen LogP contribution >= 0.6 is 0 Å². The topological polar surface area (TPSA) is 171 Å². The van der Waals surface area contributed by atoms with Gasteiger partial charge in [-0.1, -0.05) is 12.1 Å². The summed E-state index contributed by atoms with van der Waals surface area (Å²) in [4.78, 5) is 48.7. The highest BCUT2D eigenvalue weighted by atomic mass is 16.6. The van der Waals surface area contributed by atoms with Crippen LogP contribution in [0.2, 0.25) is 0 Å². The minimum absolute atomic E-state index is 0.0636. The maximum absolute atomic E-state index is 13.1. The van der Waals surface area contributed by atoms with E-state index in [4.69, 9.17) is 28.8 Å². The molecular formula is C29H39N3O10. The number of carboxylic acids is 1. The molecule has 2 aromatic rings. The van der Waals surface area contributed by atoms with E-state index < -0.39 is 35.7 Å². The minimum atomic E-state index is -1.09. The van der Waals surface area contributed by atoms with Gasteiger partial charge >= 0.3 is 18.2 Å². The van der Waals surface area contributed by atoms with Gasteiger partial charge in [0.15, 0.2) is 0 Å². The minimum Gasteiger partial charge on any atom is -0.478 e. The molecule has 13 heteroatoms. The third kappa shape index (κ3) is 13.9. The van der Waals surface area contributed by atoms with Gasteiger partial charge in [-0.05, 0) is 62.7 Å². The van der Waals surface area contributed by atoms with Crippen LogP contribution in [0.5, 0.6) is 0 Å². The highest BCUT2D eigenvalue weighted by molar-refractivity contribution is 5.97. The van der Waals surface area contributed by atoms with E-state index >= 15 is 0 Å². The Morgan fingerprint density at radius 3 is 1.88 bits per heavy atom. The normalized spacial score (nSPS) is 11.7. The number of anilines is 2. The van der Waals surface area contributed by atoms with Gasteiger partial charge in [0.1, 0.15) is 18.2 Å². The molecule has 0 saturated carbocycles. The molecule has 1 atom stereocenters. The standard InChI is InChI=1S/C29H39N3O10/c1-29(2,3)42-28(37)32-24(25(33)30-22-11-7-21(8-12-22)26(34)35)19-20-5-9-23(10-6-20)31-27(36)41-18-17-40-16-15-39-14-13-38-4/h5-12,24H,13-19H2,1-4H3,(H,30,33)(H,31,36)(H,32,37)(H,34,35)/t24-/m0/s1. The van der Waals surface area contributed by atoms with Crippen LogP contribution in [0, 0.1) is 0 Å². The predicted octanol–water partition coefficient (Wildman–Crippen LogP) is 3.69. The number of benzene rings is 2. The van der Waals surface area contributed by atoms with Crippen molar-refractivity contribution in [3.63, 3.8) is 0 Å². The molecule has 0 fully saturated rings. The summed E-state index contributed by atoms with van der Waals surface area (Å²) in [5.41, 5.74) is 0.814. The average molecular weight is 590 g/mol. The Hall–Kier alpha value is -4.20. The van der Waals surface area contributed by atoms with Gasteiger partial charge in [-0.25, -0.2) is 14.4 Å². The number of aromatic carboxylic acids is 1. The molecule has 0 aromatic heterocycles. The summed E-state index contributed by atoms with van der Waals surface area (Å²) in [7, 11) is 1.59. The quantitative estimate of drug-likeness (QED) is 0.212. The molecule has 0 radical (unpaired) electrons. The van der Waals surface area contributed by atoms with Crippen molar-refractivity contribution in [2.75, 3.05) is 57.4 Å². The number of carbonyl (C=O) groups excluding carboxylic acids is 3. The third-order valence-electron chi connectivity index (χ3n) is 5.31. The lowest BCUT2D eigenvalue weighted by Gasteiger charge is -2.23. The van der Waals surface area contributed by atoms with Gasteiger partial charge in [-0.15, -0.1) is 0 Å². The maximum atomic E-state index is 13.1. The lowest BCUT2D eigenvalue weighted by molar-refractivity contribution is -0.118. The van der Waals surface area contributed by atoms with E-state index in [0.29, 0.717) is 43.4 Å². The number of ether oxygens (including phenoxy) is 5. The van der Waals surface area contributed by atoms with Crippen LogP contribution in [0.4, 0.5) is 21.0 Å². The Morgan fingerprint density at radius 1 is 0.762 bits per heavy atom. The second-order valence-corrected chi connectivity index (χ2v) is 9.95. The number of nitrogens with one attached hydrogen (secondary N) is 3. The fourth-order valence-corrected chi connectivity index (χ4v) is 3.36. The SMILES string of the molecule is COCCOCCOCCOC(=O)Nc1ccc(C[C@H](NC(=O)OC(C)(C)C)C(=O)Nc2ccc(C(=O)O)cc2)cc1. The maximum Gasteiger partial charge on any atom is 0.411 e. The molecule has 0 aliphatic rings. The monoisotopic (exact) mass is 589 g/mol. The molecule has 0 heterocycles. The van der Waals surface area contributed by atoms with Crippen LogP contribution in [-0.2, 0) is 34.9 Å². The van der Waals surface area contributed by atoms with Crippen molar-refractivity contribution in [1.82, 2.24) is 5.32 Å². The van der Waals surface area contributed by atoms with Crippen molar-refractivity contribution in [1.29, 1.82) is 0 Å². The van der Waals surface area contributed by atoms with E-state index in [2.05, 4.69) is 16.0 Å². The van der Waals surface area contributed by atoms with E-state index in [1.807, 2.05) is 0 Å². The third-order valence-corrected chi connectivity index (χ3v) is 5.31. The average Bonchev–Trinajstić information content (AvgIpc) is 2.92. The largest absolute Gasteiger partial charge is 0.478 e. The smallest absolute Gasteiger partial charge is 0.411 e. The lowest BCUT2D eigenvalue weighted by atomic mass is 10.0. The number of amides is 3. The molecule has 13 nitrogen and oxygen atoms in total. The highest BCUT2D eigenvalue weighted by Gasteiger charge is 2.25. The Kier molecular flexibility index (Phi) is 14.2. The molecule has 230 valence electrons. The first-order valence-electron chi connectivity index (χ1n) is 13.3. The second-order valence-electron chi connectivity index (χ2n) is 9.95. The zero-order chi connectivity index (χ0) is 31.0. The number of carbonyl (C=O) groups is 4. The summed E-state index contributed by atoms with van der Waals surface area (Å²) in [6.45, 7) is 7.17. The first-order chi connectivity index (χ1) is 20.0. The molecule has 42 heavy (non-hydrogen) atoms. The fraction of sp³-hybridized carbons (Fsp3) is 0.448. The van der Waals surface area contributed by atoms with Crippen LogP contribution in [0.15, 0.2) is 48.5 Å². The van der Waals surface area contributed by atoms with Crippen molar-refractivity contribution < 1.29 is 48.0 Å². The first-order valence-corrected chi connectivity index (χ1v) is 13.3. The molecular weight excluding hydrogens is 550 g/mol. The molecule has 0 aliphatic heterocycles. The van der Waals surface area contributed by atoms with Gasteiger partial charge in [0.25, 0.3) is 0 Å². The Morgan fingerprint density at radius 2 is 1.31 bits per heavy atom. The molecule has 0 saturated heterocycles. The summed E-state index contributed by atoms with van der Waals surface area (Å²) >= 11 is 0. The van der Waals surface area contributed by atoms with Crippen molar-refractivity contribution in [2.45, 2.75) is 38.8 Å². The number of carboxylic acid groups (broad SMARTS) is 1. The summed E-state index contributed by atoms with van der Waals surface area (Å²) < 4.78 is 25.9. The molecule has 0 unspecified atom stereocenters. The zero-order valence-corrected chi connectivity index (χ0v) is 24.3. The highest BCUT2D eigenvalue weighted by Crippen LogP contribution is 2.15. The summed E-state index contributed by atoms with van der Waals surface area (Å²) in [5.74, 6) is -1.62. The van der Waals surface area contributed by atoms with Gasteiger partial charge in [-0.2, -0.15) is 0 Å². The number of rotatable bonds is 16. The van der Waals surface area contributed by atoms with E-state index in [1.54, 1.807) is 52.1 Å². The summed E-state index contributed by atoms with van der Waals surface area (Å²) in [6.07, 6.45) is -1.32. The molecule has 2 rings (SSSR count). The van der Waals surface area contributed by atoms with Crippen LogP contribution in [-0.4, -0.2) is 87.6 Å². The number of hydrogen-bond acceptors (Lipinski definition) is 9. The Labute approximate surface area is 244 Å². The first kappa shape index (κ1) is 34.0. The van der Waals surface area contributed by atoms with Crippen LogP contribution in [0.3, 0.4) is 0 Å². The van der Waals surface area contributed by atoms with Crippen molar-refractivity contribution in [2.24, 2.45) is 0 Å². The van der Waals surface area contributed by atoms with Gasteiger partial charge in [-0.3, -0.25) is 10.1 Å². The molecule has 4 N–H and O–H groups in total. The van der Waals surface area contributed by atoms with E-state index in [1.165, 1.54) is 24.3 Å². The molecule has 0 bridgehead atoms. The summed E-state index contributed by atoms with van der Waals surface area (Å²) in [6, 6.07) is 11.3. The fourth-order valence-electron chi connectivity index (χ4n) is 3.36. The van der Waals surface area contributed by atoms with Crippen LogP contribution in [0.25, 0.3) is 0 Å². The van der Waals surface area contributed by atoms with Gasteiger partial charge in [0.05, 0.1) is 38.6 Å². The molecule has 3 amide bonds. The lowest BCUT2D eigenvalue weighted by Crippen LogP contribution is -2.47. The van der Waals surface area contributed by atoms with Crippen molar-refractivity contribution in [3.05, 3.63) is 59.7 Å².